The average Bonchev–Trinajstić information content (AvgIpc) is 3.38. The Bertz CT molecular complexity index is 1610. The maximum atomic E-state index is 11.5. The summed E-state index contributed by atoms with van der Waals surface area (Å²) in [5.74, 6) is 1.30. The fourth-order valence-corrected chi connectivity index (χ4v) is 7.13. The summed E-state index contributed by atoms with van der Waals surface area (Å²) in [4.78, 5) is 23.2. The number of hydrogen-bond donors (Lipinski definition) is 2. The number of carbonyl (C=O) groups is 1. The monoisotopic (exact) mass is 534 g/mol. The van der Waals surface area contributed by atoms with Gasteiger partial charge in [0.2, 0.25) is 0 Å². The van der Waals surface area contributed by atoms with E-state index in [1.807, 2.05) is 12.1 Å². The number of rotatable bonds is 4. The number of hydrogen-bond acceptors (Lipinski definition) is 5. The van der Waals surface area contributed by atoms with Crippen LogP contribution in [0.2, 0.25) is 0 Å². The van der Waals surface area contributed by atoms with E-state index in [0.29, 0.717) is 13.1 Å². The van der Waals surface area contributed by atoms with Gasteiger partial charge >= 0.3 is 6.09 Å². The summed E-state index contributed by atoms with van der Waals surface area (Å²) in [5, 5.41) is 21.7. The van der Waals surface area contributed by atoms with Crippen molar-refractivity contribution in [3.63, 3.8) is 0 Å². The number of anilines is 1. The van der Waals surface area contributed by atoms with E-state index in [-0.39, 0.29) is 11.2 Å². The van der Waals surface area contributed by atoms with Crippen molar-refractivity contribution in [1.82, 2.24) is 14.8 Å². The van der Waals surface area contributed by atoms with E-state index in [9.17, 15) is 15.0 Å². The summed E-state index contributed by atoms with van der Waals surface area (Å²) >= 11 is 0. The Kier molecular flexibility index (Phi) is 5.93. The third kappa shape index (κ3) is 4.25. The molecule has 2 saturated heterocycles. The highest BCUT2D eigenvalue weighted by atomic mass is 16.4. The van der Waals surface area contributed by atoms with Crippen molar-refractivity contribution in [2.45, 2.75) is 32.9 Å². The van der Waals surface area contributed by atoms with E-state index >= 15 is 0 Å². The topological polar surface area (TPSA) is 80.1 Å². The maximum absolute atomic E-state index is 11.5. The Labute approximate surface area is 234 Å². The van der Waals surface area contributed by atoms with Crippen LogP contribution in [0.25, 0.3) is 21.9 Å². The largest absolute Gasteiger partial charge is 0.508 e. The van der Waals surface area contributed by atoms with Crippen LogP contribution in [0.4, 0.5) is 10.6 Å². The second-order valence-electron chi connectivity index (χ2n) is 11.8. The van der Waals surface area contributed by atoms with Crippen molar-refractivity contribution in [2.75, 3.05) is 37.6 Å². The first kappa shape index (κ1) is 24.9. The molecule has 1 amide bonds. The van der Waals surface area contributed by atoms with E-state index in [4.69, 9.17) is 4.98 Å². The van der Waals surface area contributed by atoms with Gasteiger partial charge in [-0.05, 0) is 70.5 Å². The van der Waals surface area contributed by atoms with E-state index in [1.165, 1.54) is 32.7 Å². The molecule has 204 valence electrons. The molecule has 4 heterocycles. The number of pyridine rings is 1. The SMILES string of the molecule is Cc1c(N2CCC3(CN(C(=O)O)C3)C2)nc2c(c1-c1cccc3cc(O)ccc13)CCN(Cc1ccccc1)C2. The molecule has 7 rings (SSSR count). The fourth-order valence-electron chi connectivity index (χ4n) is 7.13. The summed E-state index contributed by atoms with van der Waals surface area (Å²) in [6.45, 7) is 7.78. The number of nitrogens with zero attached hydrogens (tertiary/aromatic N) is 4. The minimum atomic E-state index is -0.824. The number of likely N-dealkylation sites (tertiary alicyclic amines) is 1. The normalized spacial score (nSPS) is 18.2. The molecule has 40 heavy (non-hydrogen) atoms. The molecule has 0 radical (unpaired) electrons. The van der Waals surface area contributed by atoms with Gasteiger partial charge in [-0.15, -0.1) is 0 Å². The van der Waals surface area contributed by atoms with Crippen LogP contribution in [0.5, 0.6) is 5.75 Å². The third-order valence-electron chi connectivity index (χ3n) is 9.10. The zero-order valence-electron chi connectivity index (χ0n) is 22.8. The number of fused-ring (bicyclic) bond motifs is 2. The number of aromatic nitrogens is 1. The Morgan fingerprint density at radius 3 is 2.62 bits per heavy atom. The van der Waals surface area contributed by atoms with Crippen LogP contribution < -0.4 is 4.90 Å². The summed E-state index contributed by atoms with van der Waals surface area (Å²) < 4.78 is 0. The first-order chi connectivity index (χ1) is 19.4. The number of benzene rings is 3. The van der Waals surface area contributed by atoms with Crippen LogP contribution in [0.15, 0.2) is 66.7 Å². The fraction of sp³-hybridized carbons (Fsp3) is 0.333. The van der Waals surface area contributed by atoms with E-state index in [1.54, 1.807) is 6.07 Å². The van der Waals surface area contributed by atoms with Gasteiger partial charge in [0.05, 0.1) is 5.69 Å². The molecule has 2 fully saturated rings. The number of aromatic hydroxyl groups is 1. The quantitative estimate of drug-likeness (QED) is 0.352. The lowest BCUT2D eigenvalue weighted by Gasteiger charge is -2.46. The summed E-state index contributed by atoms with van der Waals surface area (Å²) in [7, 11) is 0. The number of phenolic OH excluding ortho intramolecular Hbond substituents is 1. The van der Waals surface area contributed by atoms with E-state index in [2.05, 4.69) is 65.3 Å². The number of amides is 1. The lowest BCUT2D eigenvalue weighted by Crippen LogP contribution is -2.59. The lowest BCUT2D eigenvalue weighted by atomic mass is 9.79. The first-order valence-corrected chi connectivity index (χ1v) is 14.1. The van der Waals surface area contributed by atoms with Gasteiger partial charge in [-0.3, -0.25) is 4.90 Å². The molecule has 3 aromatic carbocycles. The molecule has 7 nitrogen and oxygen atoms in total. The van der Waals surface area contributed by atoms with Gasteiger partial charge in [0.1, 0.15) is 11.6 Å². The Balaban J connectivity index is 1.31. The summed E-state index contributed by atoms with van der Waals surface area (Å²) in [6, 6.07) is 22.6. The second-order valence-corrected chi connectivity index (χ2v) is 11.8. The van der Waals surface area contributed by atoms with Crippen molar-refractivity contribution in [3.8, 4) is 16.9 Å². The molecule has 2 N–H and O–H groups in total. The number of phenols is 1. The molecule has 1 aromatic heterocycles. The Morgan fingerprint density at radius 1 is 1.00 bits per heavy atom. The van der Waals surface area contributed by atoms with Gasteiger partial charge in [0.15, 0.2) is 0 Å². The first-order valence-electron chi connectivity index (χ1n) is 14.1. The second kappa shape index (κ2) is 9.52. The predicted octanol–water partition coefficient (Wildman–Crippen LogP) is 5.66. The van der Waals surface area contributed by atoms with Crippen LogP contribution in [-0.2, 0) is 19.5 Å². The van der Waals surface area contributed by atoms with Crippen LogP contribution in [0.1, 0.15) is 28.8 Å². The molecular weight excluding hydrogens is 500 g/mol. The van der Waals surface area contributed by atoms with Crippen molar-refractivity contribution < 1.29 is 15.0 Å². The van der Waals surface area contributed by atoms with Gasteiger partial charge in [-0.1, -0.05) is 54.6 Å². The molecule has 0 aliphatic carbocycles. The van der Waals surface area contributed by atoms with Crippen LogP contribution in [-0.4, -0.2) is 63.8 Å². The van der Waals surface area contributed by atoms with Crippen molar-refractivity contribution in [2.24, 2.45) is 5.41 Å². The zero-order chi connectivity index (χ0) is 27.4. The van der Waals surface area contributed by atoms with Gasteiger partial charge in [0.25, 0.3) is 0 Å². The van der Waals surface area contributed by atoms with E-state index in [0.717, 1.165) is 67.8 Å². The molecular formula is C33H34N4O3. The smallest absolute Gasteiger partial charge is 0.407 e. The third-order valence-corrected chi connectivity index (χ3v) is 9.10. The summed E-state index contributed by atoms with van der Waals surface area (Å²) in [6.07, 6.45) is 1.09. The van der Waals surface area contributed by atoms with Crippen molar-refractivity contribution in [1.29, 1.82) is 0 Å². The Hall–Kier alpha value is -4.10. The van der Waals surface area contributed by atoms with Crippen LogP contribution in [0, 0.1) is 12.3 Å². The molecule has 1 spiro atoms. The minimum Gasteiger partial charge on any atom is -0.508 e. The standard InChI is InChI=1S/C33H34N4O3/c1-22-30(27-9-5-8-24-16-25(38)10-11-26(24)27)28-12-14-35(17-23-6-3-2-4-7-23)18-29(28)34-31(22)36-15-13-33(19-36)20-37(21-33)32(39)40/h2-11,16,38H,12-15,17-21H2,1H3,(H,39,40). The molecule has 3 aliphatic rings. The zero-order valence-corrected chi connectivity index (χ0v) is 22.8. The van der Waals surface area contributed by atoms with Gasteiger partial charge < -0.3 is 20.0 Å². The molecule has 0 bridgehead atoms. The van der Waals surface area contributed by atoms with Gasteiger partial charge in [-0.25, -0.2) is 9.78 Å². The molecule has 4 aromatic rings. The van der Waals surface area contributed by atoms with Gasteiger partial charge in [0, 0.05) is 51.2 Å². The van der Waals surface area contributed by atoms with Crippen LogP contribution in [0.3, 0.4) is 0 Å². The highest BCUT2D eigenvalue weighted by Gasteiger charge is 2.50. The minimum absolute atomic E-state index is 0.0267. The summed E-state index contributed by atoms with van der Waals surface area (Å²) in [5.41, 5.74) is 7.41. The van der Waals surface area contributed by atoms with Crippen LogP contribution >= 0.6 is 0 Å². The molecule has 0 atom stereocenters. The predicted molar refractivity (Wildman–Crippen MR) is 157 cm³/mol. The lowest BCUT2D eigenvalue weighted by molar-refractivity contribution is 0.0251. The van der Waals surface area contributed by atoms with Crippen molar-refractivity contribution in [3.05, 3.63) is 89.1 Å². The molecule has 0 unspecified atom stereocenters. The molecule has 0 saturated carbocycles. The van der Waals surface area contributed by atoms with Gasteiger partial charge in [-0.2, -0.15) is 0 Å². The maximum Gasteiger partial charge on any atom is 0.407 e. The Morgan fingerprint density at radius 2 is 1.82 bits per heavy atom. The number of carboxylic acid groups (broad SMARTS) is 1. The van der Waals surface area contributed by atoms with E-state index < -0.39 is 6.09 Å². The highest BCUT2D eigenvalue weighted by molar-refractivity contribution is 5.99. The average molecular weight is 535 g/mol. The molecule has 3 aliphatic heterocycles. The highest BCUT2D eigenvalue weighted by Crippen LogP contribution is 2.45. The van der Waals surface area contributed by atoms with Crippen molar-refractivity contribution >= 4 is 22.7 Å². The molecule has 7 heteroatoms.